The Hall–Kier alpha value is -4.99. The topological polar surface area (TPSA) is 125 Å². The van der Waals surface area contributed by atoms with Crippen LogP contribution in [0.1, 0.15) is 13.3 Å². The number of imidazole rings is 1. The van der Waals surface area contributed by atoms with Gasteiger partial charge in [0.1, 0.15) is 11.5 Å². The summed E-state index contributed by atoms with van der Waals surface area (Å²) in [6, 6.07) is 9.96. The molecule has 10 heteroatoms. The maximum absolute atomic E-state index is 13.4. The highest BCUT2D eigenvalue weighted by molar-refractivity contribution is 5.97. The summed E-state index contributed by atoms with van der Waals surface area (Å²) in [6.45, 7) is 1.79. The number of H-pyrrole nitrogens is 2. The molecule has 36 heavy (non-hydrogen) atoms. The summed E-state index contributed by atoms with van der Waals surface area (Å²) in [5.41, 5.74) is 6.45. The molecule has 0 unspecified atom stereocenters. The van der Waals surface area contributed by atoms with E-state index in [2.05, 4.69) is 35.5 Å². The van der Waals surface area contributed by atoms with Crippen LogP contribution in [0.2, 0.25) is 0 Å². The summed E-state index contributed by atoms with van der Waals surface area (Å²) < 4.78 is 13.4. The normalized spacial score (nSPS) is 11.3. The highest BCUT2D eigenvalue weighted by Gasteiger charge is 2.17. The zero-order valence-corrected chi connectivity index (χ0v) is 19.1. The van der Waals surface area contributed by atoms with Crippen molar-refractivity contribution in [2.45, 2.75) is 13.3 Å². The lowest BCUT2D eigenvalue weighted by Crippen LogP contribution is -2.09. The lowest BCUT2D eigenvalue weighted by molar-refractivity contribution is -0.115. The molecule has 1 amide bonds. The zero-order valence-electron chi connectivity index (χ0n) is 19.1. The minimum absolute atomic E-state index is 0.0890. The quantitative estimate of drug-likeness (QED) is 0.316. The Kier molecular flexibility index (Phi) is 5.18. The molecule has 0 aliphatic heterocycles. The molecule has 0 saturated carbocycles. The fourth-order valence-corrected chi connectivity index (χ4v) is 4.04. The third-order valence-corrected chi connectivity index (χ3v) is 5.86. The second-order valence-corrected chi connectivity index (χ2v) is 8.23. The molecule has 0 spiro atoms. The second-order valence-electron chi connectivity index (χ2n) is 8.23. The Morgan fingerprint density at radius 3 is 2.64 bits per heavy atom. The van der Waals surface area contributed by atoms with Gasteiger partial charge in [0.15, 0.2) is 5.82 Å². The number of carbonyl (C=O) groups is 1. The summed E-state index contributed by atoms with van der Waals surface area (Å²) in [5.74, 6) is 0.170. The summed E-state index contributed by atoms with van der Waals surface area (Å²) >= 11 is 0. The number of benzene rings is 1. The Morgan fingerprint density at radius 2 is 1.81 bits per heavy atom. The molecule has 9 nitrogen and oxygen atoms in total. The van der Waals surface area contributed by atoms with E-state index in [-0.39, 0.29) is 11.7 Å². The van der Waals surface area contributed by atoms with Gasteiger partial charge in [0.25, 0.3) is 0 Å². The monoisotopic (exact) mass is 478 g/mol. The van der Waals surface area contributed by atoms with Gasteiger partial charge >= 0.3 is 0 Å². The van der Waals surface area contributed by atoms with Crippen LogP contribution in [0.4, 0.5) is 10.1 Å². The van der Waals surface area contributed by atoms with E-state index in [9.17, 15) is 9.18 Å². The summed E-state index contributed by atoms with van der Waals surface area (Å²) in [5, 5.41) is 11.1. The number of pyridine rings is 3. The summed E-state index contributed by atoms with van der Waals surface area (Å²) in [6.07, 6.45) is 8.78. The first-order valence-electron chi connectivity index (χ1n) is 11.3. The van der Waals surface area contributed by atoms with E-state index in [0.717, 1.165) is 33.1 Å². The second kappa shape index (κ2) is 8.66. The van der Waals surface area contributed by atoms with Gasteiger partial charge < -0.3 is 10.3 Å². The van der Waals surface area contributed by atoms with Gasteiger partial charge in [-0.3, -0.25) is 24.8 Å². The Morgan fingerprint density at radius 1 is 0.972 bits per heavy atom. The molecule has 176 valence electrons. The molecule has 0 bridgehead atoms. The van der Waals surface area contributed by atoms with Crippen molar-refractivity contribution in [3.05, 3.63) is 73.2 Å². The molecule has 0 atom stereocenters. The van der Waals surface area contributed by atoms with Gasteiger partial charge in [-0.15, -0.1) is 0 Å². The van der Waals surface area contributed by atoms with Gasteiger partial charge in [0, 0.05) is 35.3 Å². The molecule has 0 aliphatic carbocycles. The first kappa shape index (κ1) is 21.5. The van der Waals surface area contributed by atoms with Gasteiger partial charge in [-0.25, -0.2) is 9.37 Å². The van der Waals surface area contributed by atoms with Crippen LogP contribution in [0, 0.1) is 5.82 Å². The number of nitrogens with one attached hydrogen (secondary N) is 3. The summed E-state index contributed by atoms with van der Waals surface area (Å²) in [7, 11) is 0. The van der Waals surface area contributed by atoms with Crippen LogP contribution in [0.15, 0.2) is 67.4 Å². The van der Waals surface area contributed by atoms with Crippen LogP contribution >= 0.6 is 0 Å². The molecular formula is C26H19FN8O. The molecule has 0 saturated heterocycles. The third-order valence-electron chi connectivity index (χ3n) is 5.86. The Bertz CT molecular complexity index is 1740. The van der Waals surface area contributed by atoms with E-state index >= 15 is 0 Å². The average molecular weight is 478 g/mol. The number of rotatable bonds is 5. The van der Waals surface area contributed by atoms with Gasteiger partial charge in [-0.05, 0) is 29.8 Å². The van der Waals surface area contributed by atoms with Crippen LogP contribution in [-0.4, -0.2) is 41.0 Å². The number of amides is 1. The van der Waals surface area contributed by atoms with Gasteiger partial charge in [-0.2, -0.15) is 5.10 Å². The number of fused-ring (bicyclic) bond motifs is 2. The summed E-state index contributed by atoms with van der Waals surface area (Å²) in [4.78, 5) is 33.0. The number of anilines is 1. The molecule has 5 aromatic heterocycles. The predicted molar refractivity (Wildman–Crippen MR) is 134 cm³/mol. The van der Waals surface area contributed by atoms with E-state index in [4.69, 9.17) is 4.98 Å². The van der Waals surface area contributed by atoms with E-state index in [1.165, 1.54) is 12.1 Å². The zero-order chi connectivity index (χ0) is 24.6. The van der Waals surface area contributed by atoms with Crippen molar-refractivity contribution in [2.24, 2.45) is 0 Å². The first-order valence-corrected chi connectivity index (χ1v) is 11.3. The standard InChI is InChI=1S/C26H19FN8O/c1-2-23(36)31-17-7-15(9-28-10-17)20-8-18-21(13-30-20)34-35-25(18)26-32-22-12-29-11-19(24(22)33-26)14-3-5-16(27)6-4-14/h3-13H,2H2,1H3,(H,31,36)(H,32,33)(H,34,35). The molecular weight excluding hydrogens is 459 g/mol. The van der Waals surface area contributed by atoms with Gasteiger partial charge in [0.05, 0.1) is 46.5 Å². The molecule has 0 radical (unpaired) electrons. The van der Waals surface area contributed by atoms with Crippen molar-refractivity contribution in [3.8, 4) is 33.9 Å². The number of aromatic amines is 2. The molecule has 6 aromatic rings. The number of hydrogen-bond donors (Lipinski definition) is 3. The maximum Gasteiger partial charge on any atom is 0.224 e. The van der Waals surface area contributed by atoms with Crippen molar-refractivity contribution in [1.82, 2.24) is 35.1 Å². The van der Waals surface area contributed by atoms with Crippen molar-refractivity contribution in [2.75, 3.05) is 5.32 Å². The van der Waals surface area contributed by atoms with Crippen molar-refractivity contribution < 1.29 is 9.18 Å². The minimum atomic E-state index is -0.303. The third kappa shape index (κ3) is 3.84. The van der Waals surface area contributed by atoms with Crippen LogP contribution in [0.5, 0.6) is 0 Å². The van der Waals surface area contributed by atoms with Crippen LogP contribution in [0.3, 0.4) is 0 Å². The minimum Gasteiger partial charge on any atom is -0.335 e. The number of halogens is 1. The van der Waals surface area contributed by atoms with E-state index in [1.807, 2.05) is 12.1 Å². The van der Waals surface area contributed by atoms with E-state index in [1.54, 1.807) is 50.0 Å². The lowest BCUT2D eigenvalue weighted by Gasteiger charge is -2.06. The number of nitrogens with zero attached hydrogens (tertiary/aromatic N) is 5. The van der Waals surface area contributed by atoms with E-state index < -0.39 is 0 Å². The number of aromatic nitrogens is 7. The smallest absolute Gasteiger partial charge is 0.224 e. The SMILES string of the molecule is CCC(=O)Nc1cncc(-c2cc3c(-c4nc5c(-c6ccc(F)cc6)cncc5[nH]4)n[nH]c3cn2)c1. The molecule has 0 fully saturated rings. The number of carbonyl (C=O) groups excluding carboxylic acids is 1. The van der Waals surface area contributed by atoms with Crippen LogP contribution in [-0.2, 0) is 4.79 Å². The Balaban J connectivity index is 1.42. The molecule has 5 heterocycles. The number of hydrogen-bond acceptors (Lipinski definition) is 6. The van der Waals surface area contributed by atoms with Crippen LogP contribution in [0.25, 0.3) is 55.8 Å². The first-order chi connectivity index (χ1) is 17.6. The lowest BCUT2D eigenvalue weighted by atomic mass is 10.1. The Labute approximate surface area is 203 Å². The van der Waals surface area contributed by atoms with Gasteiger partial charge in [0.2, 0.25) is 5.91 Å². The molecule has 3 N–H and O–H groups in total. The molecule has 0 aliphatic rings. The van der Waals surface area contributed by atoms with Crippen LogP contribution < -0.4 is 5.32 Å². The van der Waals surface area contributed by atoms with Crippen molar-refractivity contribution in [3.63, 3.8) is 0 Å². The molecule has 6 rings (SSSR count). The van der Waals surface area contributed by atoms with E-state index in [0.29, 0.717) is 34.8 Å². The average Bonchev–Trinajstić information content (AvgIpc) is 3.53. The van der Waals surface area contributed by atoms with Crippen molar-refractivity contribution >= 4 is 33.5 Å². The van der Waals surface area contributed by atoms with Crippen molar-refractivity contribution in [1.29, 1.82) is 0 Å². The largest absolute Gasteiger partial charge is 0.335 e. The highest BCUT2D eigenvalue weighted by atomic mass is 19.1. The maximum atomic E-state index is 13.4. The van der Waals surface area contributed by atoms with Gasteiger partial charge in [-0.1, -0.05) is 19.1 Å². The fraction of sp³-hybridized carbons (Fsp3) is 0.0769. The fourth-order valence-electron chi connectivity index (χ4n) is 4.04. The molecule has 1 aromatic carbocycles. The predicted octanol–water partition coefficient (Wildman–Crippen LogP) is 5.11. The highest BCUT2D eigenvalue weighted by Crippen LogP contribution is 2.32.